The molecule has 0 radical (unpaired) electrons. The summed E-state index contributed by atoms with van der Waals surface area (Å²) in [6.45, 7) is 3.13. The van der Waals surface area contributed by atoms with Gasteiger partial charge in [-0.1, -0.05) is 6.92 Å². The summed E-state index contributed by atoms with van der Waals surface area (Å²) in [4.78, 5) is 0. The van der Waals surface area contributed by atoms with Crippen LogP contribution in [0.3, 0.4) is 0 Å². The van der Waals surface area contributed by atoms with E-state index in [0.29, 0.717) is 42.3 Å². The first-order valence-electron chi connectivity index (χ1n) is 7.96. The lowest BCUT2D eigenvalue weighted by atomic mass is 10.0. The number of aromatic nitrogens is 2. The molecule has 0 amide bonds. The lowest BCUT2D eigenvalue weighted by Gasteiger charge is -2.28. The number of piperidine rings is 1. The van der Waals surface area contributed by atoms with Crippen molar-refractivity contribution in [2.45, 2.75) is 43.6 Å². The molecule has 2 aromatic heterocycles. The summed E-state index contributed by atoms with van der Waals surface area (Å²) in [5, 5.41) is 7.93. The van der Waals surface area contributed by atoms with Crippen molar-refractivity contribution in [3.63, 3.8) is 0 Å². The molecule has 23 heavy (non-hydrogen) atoms. The van der Waals surface area contributed by atoms with Gasteiger partial charge in [0, 0.05) is 25.1 Å². The van der Waals surface area contributed by atoms with Crippen LogP contribution in [0.2, 0.25) is 0 Å². The molecule has 2 aliphatic rings. The summed E-state index contributed by atoms with van der Waals surface area (Å²) in [5.74, 6) is 1.66. The van der Waals surface area contributed by atoms with Crippen LogP contribution in [0.15, 0.2) is 26.3 Å². The minimum absolute atomic E-state index is 0.0622. The van der Waals surface area contributed by atoms with Gasteiger partial charge in [0.25, 0.3) is 15.9 Å². The summed E-state index contributed by atoms with van der Waals surface area (Å²) >= 11 is 0. The topological polar surface area (TPSA) is 89.4 Å². The van der Waals surface area contributed by atoms with E-state index in [2.05, 4.69) is 17.1 Å². The Morgan fingerprint density at radius 1 is 1.26 bits per heavy atom. The van der Waals surface area contributed by atoms with E-state index in [-0.39, 0.29) is 5.09 Å². The van der Waals surface area contributed by atoms with Crippen molar-refractivity contribution in [2.75, 3.05) is 13.1 Å². The third-order valence-corrected chi connectivity index (χ3v) is 6.14. The molecular weight excluding hydrogens is 318 g/mol. The zero-order chi connectivity index (χ0) is 16.0. The highest BCUT2D eigenvalue weighted by Gasteiger charge is 2.33. The van der Waals surface area contributed by atoms with Crippen LogP contribution in [-0.2, 0) is 10.0 Å². The van der Waals surface area contributed by atoms with Gasteiger partial charge in [0.1, 0.15) is 6.26 Å². The van der Waals surface area contributed by atoms with Crippen LogP contribution in [0.5, 0.6) is 0 Å². The van der Waals surface area contributed by atoms with Crippen LogP contribution in [-0.4, -0.2) is 36.0 Å². The van der Waals surface area contributed by atoms with Crippen LogP contribution < -0.4 is 0 Å². The van der Waals surface area contributed by atoms with Crippen molar-refractivity contribution in [3.05, 3.63) is 18.2 Å². The molecule has 0 aromatic carbocycles. The summed E-state index contributed by atoms with van der Waals surface area (Å²) in [7, 11) is -3.60. The molecule has 0 spiro atoms. The van der Waals surface area contributed by atoms with E-state index in [1.807, 2.05) is 0 Å². The molecule has 3 heterocycles. The average Bonchev–Trinajstić information content (AvgIpc) is 3.06. The van der Waals surface area contributed by atoms with Gasteiger partial charge in [0.15, 0.2) is 0 Å². The van der Waals surface area contributed by atoms with E-state index in [0.717, 1.165) is 25.7 Å². The Bertz CT molecular complexity index is 806. The van der Waals surface area contributed by atoms with Crippen LogP contribution in [0.25, 0.3) is 11.5 Å². The second-order valence-electron chi connectivity index (χ2n) is 6.48. The molecule has 1 aliphatic heterocycles. The van der Waals surface area contributed by atoms with Gasteiger partial charge in [-0.25, -0.2) is 8.42 Å². The minimum atomic E-state index is -3.60. The van der Waals surface area contributed by atoms with Crippen LogP contribution in [0, 0.1) is 5.92 Å². The first-order chi connectivity index (χ1) is 11.0. The van der Waals surface area contributed by atoms with Crippen molar-refractivity contribution in [2.24, 2.45) is 5.92 Å². The Kier molecular flexibility index (Phi) is 3.53. The zero-order valence-corrected chi connectivity index (χ0v) is 13.8. The quantitative estimate of drug-likeness (QED) is 0.852. The lowest BCUT2D eigenvalue weighted by Crippen LogP contribution is -2.38. The molecule has 124 valence electrons. The maximum atomic E-state index is 12.7. The van der Waals surface area contributed by atoms with Crippen molar-refractivity contribution in [1.82, 2.24) is 14.5 Å². The van der Waals surface area contributed by atoms with Crippen LogP contribution in [0.1, 0.15) is 44.4 Å². The molecule has 4 rings (SSSR count). The largest absolute Gasteiger partial charge is 0.451 e. The number of sulfonamides is 1. The Balaban J connectivity index is 1.58. The first-order valence-corrected chi connectivity index (χ1v) is 9.40. The highest BCUT2D eigenvalue weighted by atomic mass is 32.2. The van der Waals surface area contributed by atoms with Gasteiger partial charge in [-0.2, -0.15) is 4.31 Å². The van der Waals surface area contributed by atoms with Gasteiger partial charge in [-0.15, -0.1) is 10.2 Å². The fourth-order valence-electron chi connectivity index (χ4n) is 2.90. The molecule has 2 fully saturated rings. The van der Waals surface area contributed by atoms with Gasteiger partial charge in [0.05, 0.1) is 5.56 Å². The Morgan fingerprint density at radius 2 is 2.09 bits per heavy atom. The standard InChI is InChI=1S/C15H19N3O4S/c1-10-3-2-6-18(8-10)23(19,20)13-7-12(9-21-13)15-17-16-14(22-15)11-4-5-11/h7,9-11H,2-6,8H2,1H3/t10-/m0/s1. The zero-order valence-electron chi connectivity index (χ0n) is 12.9. The van der Waals surface area contributed by atoms with E-state index in [1.54, 1.807) is 0 Å². The summed E-state index contributed by atoms with van der Waals surface area (Å²) in [6.07, 6.45) is 5.44. The first kappa shape index (κ1) is 14.9. The van der Waals surface area contributed by atoms with E-state index in [9.17, 15) is 8.42 Å². The number of rotatable bonds is 4. The summed E-state index contributed by atoms with van der Waals surface area (Å²) in [5.41, 5.74) is 0.507. The molecule has 0 N–H and O–H groups in total. The maximum absolute atomic E-state index is 12.7. The molecule has 0 bridgehead atoms. The maximum Gasteiger partial charge on any atom is 0.276 e. The number of nitrogens with zero attached hydrogens (tertiary/aromatic N) is 3. The van der Waals surface area contributed by atoms with Gasteiger partial charge >= 0.3 is 0 Å². The predicted octanol–water partition coefficient (Wildman–Crippen LogP) is 2.63. The molecular formula is C15H19N3O4S. The lowest BCUT2D eigenvalue weighted by molar-refractivity contribution is 0.274. The Morgan fingerprint density at radius 3 is 2.83 bits per heavy atom. The average molecular weight is 337 g/mol. The molecule has 1 saturated heterocycles. The van der Waals surface area contributed by atoms with E-state index in [4.69, 9.17) is 8.83 Å². The second kappa shape index (κ2) is 5.45. The molecule has 1 aliphatic carbocycles. The smallest absolute Gasteiger partial charge is 0.276 e. The van der Waals surface area contributed by atoms with E-state index < -0.39 is 10.0 Å². The third-order valence-electron chi connectivity index (χ3n) is 4.40. The fraction of sp³-hybridized carbons (Fsp3) is 0.600. The molecule has 1 atom stereocenters. The highest BCUT2D eigenvalue weighted by Crippen LogP contribution is 2.40. The van der Waals surface area contributed by atoms with Crippen molar-refractivity contribution < 1.29 is 17.3 Å². The van der Waals surface area contributed by atoms with E-state index in [1.165, 1.54) is 16.6 Å². The van der Waals surface area contributed by atoms with Crippen molar-refractivity contribution in [3.8, 4) is 11.5 Å². The van der Waals surface area contributed by atoms with Gasteiger partial charge in [-0.05, 0) is 31.6 Å². The third kappa shape index (κ3) is 2.81. The second-order valence-corrected chi connectivity index (χ2v) is 8.35. The van der Waals surface area contributed by atoms with Gasteiger partial charge in [-0.3, -0.25) is 0 Å². The predicted molar refractivity (Wildman–Crippen MR) is 81.1 cm³/mol. The molecule has 7 nitrogen and oxygen atoms in total. The summed E-state index contributed by atoms with van der Waals surface area (Å²) < 4.78 is 37.7. The molecule has 8 heteroatoms. The normalized spacial score (nSPS) is 23.3. The van der Waals surface area contributed by atoms with Crippen molar-refractivity contribution >= 4 is 10.0 Å². The summed E-state index contributed by atoms with van der Waals surface area (Å²) in [6, 6.07) is 1.47. The molecule has 0 unspecified atom stereocenters. The van der Waals surface area contributed by atoms with Crippen LogP contribution in [0.4, 0.5) is 0 Å². The Hall–Kier alpha value is -1.67. The van der Waals surface area contributed by atoms with Crippen LogP contribution >= 0.6 is 0 Å². The highest BCUT2D eigenvalue weighted by molar-refractivity contribution is 7.89. The van der Waals surface area contributed by atoms with Gasteiger partial charge < -0.3 is 8.83 Å². The monoisotopic (exact) mass is 337 g/mol. The van der Waals surface area contributed by atoms with E-state index >= 15 is 0 Å². The Labute approximate surface area is 134 Å². The minimum Gasteiger partial charge on any atom is -0.451 e. The van der Waals surface area contributed by atoms with Gasteiger partial charge in [0.2, 0.25) is 11.0 Å². The molecule has 1 saturated carbocycles. The number of furan rings is 1. The fourth-order valence-corrected chi connectivity index (χ4v) is 4.42. The van der Waals surface area contributed by atoms with Crippen molar-refractivity contribution in [1.29, 1.82) is 0 Å². The number of hydrogen-bond donors (Lipinski definition) is 0. The SMILES string of the molecule is C[C@H]1CCCN(S(=O)(=O)c2cc(-c3nnc(C4CC4)o3)co2)C1. The molecule has 2 aromatic rings. The number of hydrogen-bond acceptors (Lipinski definition) is 6.